The van der Waals surface area contributed by atoms with Gasteiger partial charge in [-0.3, -0.25) is 4.79 Å². The topological polar surface area (TPSA) is 51.2 Å². The number of aromatic nitrogens is 1. The molecule has 0 aliphatic heterocycles. The van der Waals surface area contributed by atoms with Crippen LogP contribution in [0.15, 0.2) is 28.9 Å². The van der Waals surface area contributed by atoms with E-state index in [-0.39, 0.29) is 12.5 Å². The molecule has 0 unspecified atom stereocenters. The lowest BCUT2D eigenvalue weighted by atomic mass is 10.1. The number of fused-ring (bicyclic) bond motifs is 1. The third kappa shape index (κ3) is 2.61. The van der Waals surface area contributed by atoms with Crippen molar-refractivity contribution in [2.75, 3.05) is 19.0 Å². The summed E-state index contributed by atoms with van der Waals surface area (Å²) in [5.74, 6) is 0.360. The summed E-state index contributed by atoms with van der Waals surface area (Å²) in [5, 5.41) is 5.02. The van der Waals surface area contributed by atoms with Gasteiger partial charge in [0.05, 0.1) is 7.11 Å². The monoisotopic (exact) mass is 308 g/mol. The van der Waals surface area contributed by atoms with Crippen LogP contribution in [0.1, 0.15) is 5.56 Å². The predicted molar refractivity (Wildman–Crippen MR) is 74.7 cm³/mol. The summed E-state index contributed by atoms with van der Waals surface area (Å²) in [6.07, 6.45) is 1.72. The van der Waals surface area contributed by atoms with Gasteiger partial charge in [-0.1, -0.05) is 23.8 Å². The van der Waals surface area contributed by atoms with Crippen LogP contribution in [0, 0.1) is 6.92 Å². The molecule has 1 aromatic heterocycles. The largest absolute Gasteiger partial charge is 0.468 e. The van der Waals surface area contributed by atoms with Gasteiger partial charge in [0.25, 0.3) is 0 Å². The number of carbonyl (C=O) groups is 1. The van der Waals surface area contributed by atoms with Gasteiger partial charge in [-0.25, -0.2) is 4.98 Å². The first-order valence-electron chi connectivity index (χ1n) is 5.47. The maximum Gasteiger partial charge on any atom is 0.325 e. The van der Waals surface area contributed by atoms with E-state index >= 15 is 0 Å². The summed E-state index contributed by atoms with van der Waals surface area (Å²) in [6, 6.07) is 6.08. The van der Waals surface area contributed by atoms with Gasteiger partial charge in [0.1, 0.15) is 12.4 Å². The molecule has 1 heterocycles. The zero-order valence-corrected chi connectivity index (χ0v) is 11.7. The molecule has 0 aliphatic carbocycles. The highest BCUT2D eigenvalue weighted by Gasteiger charge is 2.07. The Morgan fingerprint density at radius 1 is 1.44 bits per heavy atom. The molecule has 0 bridgehead atoms. The molecular formula is C13H13BrN2O2. The zero-order valence-electron chi connectivity index (χ0n) is 10.2. The summed E-state index contributed by atoms with van der Waals surface area (Å²) < 4.78 is 5.52. The molecule has 0 fully saturated rings. The fourth-order valence-electron chi connectivity index (χ4n) is 1.69. The van der Waals surface area contributed by atoms with Crippen LogP contribution in [0.5, 0.6) is 0 Å². The Labute approximate surface area is 113 Å². The predicted octanol–water partition coefficient (Wildman–Crippen LogP) is 2.89. The number of hydrogen-bond donors (Lipinski definition) is 1. The molecule has 2 aromatic rings. The van der Waals surface area contributed by atoms with Gasteiger partial charge in [0.15, 0.2) is 0 Å². The lowest BCUT2D eigenvalue weighted by molar-refractivity contribution is -0.138. The Bertz CT molecular complexity index is 599. The second-order valence-corrected chi connectivity index (χ2v) is 4.79. The van der Waals surface area contributed by atoms with Crippen LogP contribution in [0.2, 0.25) is 0 Å². The minimum atomic E-state index is -0.319. The first kappa shape index (κ1) is 12.8. The molecular weight excluding hydrogens is 296 g/mol. The fraction of sp³-hybridized carbons (Fsp3) is 0.231. The van der Waals surface area contributed by atoms with Gasteiger partial charge in [-0.2, -0.15) is 0 Å². The summed E-state index contributed by atoms with van der Waals surface area (Å²) in [7, 11) is 1.36. The van der Waals surface area contributed by atoms with Gasteiger partial charge < -0.3 is 10.1 Å². The number of halogens is 1. The fourth-order valence-corrected chi connectivity index (χ4v) is 2.12. The Morgan fingerprint density at radius 2 is 2.22 bits per heavy atom. The molecule has 4 nitrogen and oxygen atoms in total. The molecule has 0 amide bonds. The average molecular weight is 309 g/mol. The van der Waals surface area contributed by atoms with Crippen molar-refractivity contribution in [3.63, 3.8) is 0 Å². The van der Waals surface area contributed by atoms with E-state index in [2.05, 4.69) is 37.0 Å². The van der Waals surface area contributed by atoms with Crippen LogP contribution in [0.25, 0.3) is 10.8 Å². The summed E-state index contributed by atoms with van der Waals surface area (Å²) >= 11 is 3.48. The number of rotatable bonds is 3. The number of carbonyl (C=O) groups excluding carboxylic acids is 1. The molecule has 94 valence electrons. The van der Waals surface area contributed by atoms with E-state index in [1.807, 2.05) is 19.1 Å². The van der Waals surface area contributed by atoms with Gasteiger partial charge in [-0.05, 0) is 22.9 Å². The second-order valence-electron chi connectivity index (χ2n) is 3.93. The van der Waals surface area contributed by atoms with Crippen LogP contribution in [0.4, 0.5) is 5.82 Å². The van der Waals surface area contributed by atoms with Crippen LogP contribution in [-0.2, 0) is 9.53 Å². The minimum absolute atomic E-state index is 0.105. The van der Waals surface area contributed by atoms with Crippen molar-refractivity contribution in [3.8, 4) is 0 Å². The number of pyridine rings is 1. The molecule has 0 atom stereocenters. The van der Waals surface area contributed by atoms with Crippen LogP contribution in [-0.4, -0.2) is 24.6 Å². The highest BCUT2D eigenvalue weighted by atomic mass is 79.9. The number of anilines is 1. The first-order valence-corrected chi connectivity index (χ1v) is 6.26. The van der Waals surface area contributed by atoms with Crippen LogP contribution in [0.3, 0.4) is 0 Å². The minimum Gasteiger partial charge on any atom is -0.468 e. The van der Waals surface area contributed by atoms with E-state index in [0.717, 1.165) is 15.2 Å². The van der Waals surface area contributed by atoms with Gasteiger partial charge in [0, 0.05) is 21.4 Å². The standard InChI is InChI=1S/C13H13BrN2O2/c1-8-3-4-9-10(5-8)11(14)6-15-13(9)16-7-12(17)18-2/h3-6H,7H2,1-2H3,(H,15,16). The van der Waals surface area contributed by atoms with E-state index in [0.29, 0.717) is 5.82 Å². The Hall–Kier alpha value is -1.62. The molecule has 0 spiro atoms. The Kier molecular flexibility index (Phi) is 3.81. The molecule has 0 radical (unpaired) electrons. The molecule has 18 heavy (non-hydrogen) atoms. The molecule has 1 N–H and O–H groups in total. The van der Waals surface area contributed by atoms with Crippen molar-refractivity contribution in [2.24, 2.45) is 0 Å². The van der Waals surface area contributed by atoms with Crippen molar-refractivity contribution < 1.29 is 9.53 Å². The lowest BCUT2D eigenvalue weighted by Crippen LogP contribution is -2.15. The number of hydrogen-bond acceptors (Lipinski definition) is 4. The number of nitrogens with one attached hydrogen (secondary N) is 1. The summed E-state index contributed by atoms with van der Waals surface area (Å²) in [4.78, 5) is 15.4. The van der Waals surface area contributed by atoms with Gasteiger partial charge >= 0.3 is 5.97 Å². The number of benzene rings is 1. The summed E-state index contributed by atoms with van der Waals surface area (Å²) in [6.45, 7) is 2.14. The van der Waals surface area contributed by atoms with Crippen molar-refractivity contribution in [1.29, 1.82) is 0 Å². The number of nitrogens with zero attached hydrogens (tertiary/aromatic N) is 1. The van der Waals surface area contributed by atoms with E-state index < -0.39 is 0 Å². The number of methoxy groups -OCH3 is 1. The lowest BCUT2D eigenvalue weighted by Gasteiger charge is -2.09. The Morgan fingerprint density at radius 3 is 2.94 bits per heavy atom. The third-order valence-corrected chi connectivity index (χ3v) is 3.25. The quantitative estimate of drug-likeness (QED) is 0.886. The van der Waals surface area contributed by atoms with Gasteiger partial charge in [0.2, 0.25) is 0 Å². The first-order chi connectivity index (χ1) is 8.61. The third-order valence-electron chi connectivity index (χ3n) is 2.62. The van der Waals surface area contributed by atoms with E-state index in [1.165, 1.54) is 12.7 Å². The summed E-state index contributed by atoms with van der Waals surface area (Å²) in [5.41, 5.74) is 1.17. The van der Waals surface area contributed by atoms with Gasteiger partial charge in [-0.15, -0.1) is 0 Å². The molecule has 5 heteroatoms. The smallest absolute Gasteiger partial charge is 0.325 e. The number of ether oxygens (including phenoxy) is 1. The zero-order chi connectivity index (χ0) is 13.1. The van der Waals surface area contributed by atoms with Crippen LogP contribution >= 0.6 is 15.9 Å². The van der Waals surface area contributed by atoms with Crippen molar-refractivity contribution in [2.45, 2.75) is 6.92 Å². The molecule has 0 saturated carbocycles. The highest BCUT2D eigenvalue weighted by molar-refractivity contribution is 9.10. The van der Waals surface area contributed by atoms with Crippen LogP contribution < -0.4 is 5.32 Å². The maximum absolute atomic E-state index is 11.1. The highest BCUT2D eigenvalue weighted by Crippen LogP contribution is 2.28. The molecule has 2 rings (SSSR count). The average Bonchev–Trinajstić information content (AvgIpc) is 2.38. The molecule has 1 aromatic carbocycles. The van der Waals surface area contributed by atoms with E-state index in [1.54, 1.807) is 6.20 Å². The Balaban J connectivity index is 2.40. The van der Waals surface area contributed by atoms with Crippen molar-refractivity contribution in [1.82, 2.24) is 4.98 Å². The normalized spacial score (nSPS) is 10.4. The molecule has 0 saturated heterocycles. The van der Waals surface area contributed by atoms with Crippen molar-refractivity contribution in [3.05, 3.63) is 34.4 Å². The molecule has 0 aliphatic rings. The number of esters is 1. The van der Waals surface area contributed by atoms with E-state index in [9.17, 15) is 4.79 Å². The SMILES string of the molecule is COC(=O)CNc1ncc(Br)c2cc(C)ccc12. The van der Waals surface area contributed by atoms with E-state index in [4.69, 9.17) is 0 Å². The van der Waals surface area contributed by atoms with Crippen molar-refractivity contribution >= 4 is 38.5 Å². The number of aryl methyl sites for hydroxylation is 1. The second kappa shape index (κ2) is 5.35. The maximum atomic E-state index is 11.1.